The van der Waals surface area contributed by atoms with Crippen LogP contribution in [-0.4, -0.2) is 72.8 Å². The van der Waals surface area contributed by atoms with Gasteiger partial charge in [-0.2, -0.15) is 0 Å². The Balaban J connectivity index is 1.81. The van der Waals surface area contributed by atoms with E-state index in [9.17, 15) is 14.8 Å². The molecule has 0 radical (unpaired) electrons. The number of halogens is 1. The minimum atomic E-state index is -4.72. The molecule has 1 aromatic rings. The van der Waals surface area contributed by atoms with E-state index in [1.807, 2.05) is 0 Å². The monoisotopic (exact) mass is 382 g/mol. The van der Waals surface area contributed by atoms with Crippen LogP contribution in [0.4, 0.5) is 5.82 Å². The number of aromatic nitrogens is 2. The molecule has 1 aromatic heterocycles. The highest BCUT2D eigenvalue weighted by molar-refractivity contribution is 7.46. The molecule has 1 fully saturated rings. The van der Waals surface area contributed by atoms with E-state index < -0.39 is 44.5 Å². The number of phosphoric ester groups is 1. The molecule has 0 amide bonds. The summed E-state index contributed by atoms with van der Waals surface area (Å²) in [5.74, 6) is 0.362. The normalized spacial score (nSPS) is 33.1. The van der Waals surface area contributed by atoms with Crippen LogP contribution in [0.3, 0.4) is 0 Å². The Morgan fingerprint density at radius 3 is 2.79 bits per heavy atom. The van der Waals surface area contributed by atoms with Gasteiger partial charge in [0.25, 0.3) is 0 Å². The maximum atomic E-state index is 10.8. The highest BCUT2D eigenvalue weighted by Gasteiger charge is 2.45. The Kier molecular flexibility index (Phi) is 4.71. The Bertz CT molecular complexity index is 694. The molecule has 1 saturated heterocycles. The third-order valence-electron chi connectivity index (χ3n) is 3.76. The van der Waals surface area contributed by atoms with Crippen molar-refractivity contribution < 1.29 is 33.8 Å². The second-order valence-electron chi connectivity index (χ2n) is 5.44. The molecule has 0 spiro atoms. The van der Waals surface area contributed by atoms with E-state index >= 15 is 0 Å². The average molecular weight is 383 g/mol. The van der Waals surface area contributed by atoms with E-state index in [0.717, 1.165) is 0 Å². The fraction of sp³-hybridized carbons (Fsp3) is 0.636. The van der Waals surface area contributed by atoms with Gasteiger partial charge < -0.3 is 29.6 Å². The van der Waals surface area contributed by atoms with Crippen molar-refractivity contribution in [3.8, 4) is 0 Å². The molecule has 0 aromatic carbocycles. The molecule has 2 aliphatic heterocycles. The highest BCUT2D eigenvalue weighted by Crippen LogP contribution is 2.41. The van der Waals surface area contributed by atoms with Gasteiger partial charge in [-0.1, -0.05) is 11.6 Å². The second kappa shape index (κ2) is 6.36. The number of aliphatic hydroxyl groups excluding tert-OH is 2. The van der Waals surface area contributed by atoms with Gasteiger partial charge in [0.05, 0.1) is 19.3 Å². The molecule has 4 N–H and O–H groups in total. The van der Waals surface area contributed by atoms with Gasteiger partial charge in [0, 0.05) is 7.05 Å². The van der Waals surface area contributed by atoms with Crippen LogP contribution in [0.1, 0.15) is 17.4 Å². The summed E-state index contributed by atoms with van der Waals surface area (Å²) in [6.07, 6.45) is -2.09. The number of fused-ring (bicyclic) bond motifs is 1. The summed E-state index contributed by atoms with van der Waals surface area (Å²) < 4.78 is 22.0. The van der Waals surface area contributed by atoms with Crippen molar-refractivity contribution in [2.24, 2.45) is 4.99 Å². The number of aliphatic hydroxyl groups is 2. The molecule has 0 bridgehead atoms. The summed E-state index contributed by atoms with van der Waals surface area (Å²) in [7, 11) is -2.99. The van der Waals surface area contributed by atoms with E-state index in [4.69, 9.17) is 26.1 Å². The van der Waals surface area contributed by atoms with Crippen molar-refractivity contribution in [2.45, 2.75) is 30.0 Å². The van der Waals surface area contributed by atoms with Crippen LogP contribution in [0, 0.1) is 0 Å². The first-order chi connectivity index (χ1) is 11.2. The third-order valence-corrected chi connectivity index (χ3v) is 4.76. The molecule has 11 nitrogen and oxygen atoms in total. The lowest BCUT2D eigenvalue weighted by Gasteiger charge is -2.24. The van der Waals surface area contributed by atoms with E-state index in [2.05, 4.69) is 14.5 Å². The van der Waals surface area contributed by atoms with E-state index in [1.165, 1.54) is 17.2 Å². The summed E-state index contributed by atoms with van der Waals surface area (Å²) in [6, 6.07) is 0. The average Bonchev–Trinajstić information content (AvgIpc) is 3.04. The zero-order valence-electron chi connectivity index (χ0n) is 12.4. The lowest BCUT2D eigenvalue weighted by atomic mass is 10.1. The van der Waals surface area contributed by atoms with E-state index in [-0.39, 0.29) is 0 Å². The summed E-state index contributed by atoms with van der Waals surface area (Å²) in [5, 5.41) is 20.2. The fourth-order valence-corrected chi connectivity index (χ4v) is 3.07. The highest BCUT2D eigenvalue weighted by atomic mass is 35.5. The van der Waals surface area contributed by atoms with Crippen LogP contribution in [0.25, 0.3) is 0 Å². The minimum absolute atomic E-state index is 0.362. The van der Waals surface area contributed by atoms with Crippen molar-refractivity contribution in [2.75, 3.05) is 13.7 Å². The van der Waals surface area contributed by atoms with Gasteiger partial charge in [0.15, 0.2) is 17.5 Å². The minimum Gasteiger partial charge on any atom is -0.387 e. The maximum absolute atomic E-state index is 10.8. The lowest BCUT2D eigenvalue weighted by Crippen LogP contribution is -2.33. The standard InChI is InChI=1S/C11H16ClN4O7P/c1-15-3-14-10-6(9(15)12)13-4-16(10)11-8(18)7(17)5(23-11)2-22-24(19,20)21/h3-5,7-9,11,17-18H,2H2,1H3,(H2,19,20,21)/t5-,7-,8-,9?,11-/m1/s1. The summed E-state index contributed by atoms with van der Waals surface area (Å²) in [4.78, 5) is 27.4. The van der Waals surface area contributed by atoms with Gasteiger partial charge in [0.2, 0.25) is 0 Å². The second-order valence-corrected chi connectivity index (χ2v) is 7.09. The first kappa shape index (κ1) is 17.8. The van der Waals surface area contributed by atoms with Crippen LogP contribution in [0.15, 0.2) is 11.3 Å². The zero-order valence-corrected chi connectivity index (χ0v) is 14.0. The molecule has 3 heterocycles. The van der Waals surface area contributed by atoms with Gasteiger partial charge in [-0.3, -0.25) is 9.09 Å². The Morgan fingerprint density at radius 1 is 1.42 bits per heavy atom. The van der Waals surface area contributed by atoms with Crippen molar-refractivity contribution >= 4 is 31.6 Å². The van der Waals surface area contributed by atoms with Crippen LogP contribution < -0.4 is 0 Å². The topological polar surface area (TPSA) is 150 Å². The Morgan fingerprint density at radius 2 is 2.12 bits per heavy atom. The van der Waals surface area contributed by atoms with Gasteiger partial charge in [-0.05, 0) is 0 Å². The molecular weight excluding hydrogens is 367 g/mol. The molecule has 2 aliphatic rings. The van der Waals surface area contributed by atoms with Crippen molar-refractivity contribution in [1.82, 2.24) is 14.5 Å². The molecule has 0 saturated carbocycles. The fourth-order valence-electron chi connectivity index (χ4n) is 2.52. The van der Waals surface area contributed by atoms with Crippen LogP contribution in [0.5, 0.6) is 0 Å². The van der Waals surface area contributed by atoms with Crippen LogP contribution in [0.2, 0.25) is 0 Å². The summed E-state index contributed by atoms with van der Waals surface area (Å²) in [5.41, 5.74) is -0.0853. The van der Waals surface area contributed by atoms with E-state index in [1.54, 1.807) is 11.9 Å². The molecule has 24 heavy (non-hydrogen) atoms. The molecular formula is C11H16ClN4O7P. The summed E-state index contributed by atoms with van der Waals surface area (Å²) in [6.45, 7) is -0.583. The van der Waals surface area contributed by atoms with Crippen molar-refractivity contribution in [1.29, 1.82) is 0 Å². The number of rotatable bonds is 4. The number of imidazole rings is 1. The van der Waals surface area contributed by atoms with Gasteiger partial charge in [-0.25, -0.2) is 14.5 Å². The molecule has 1 unspecified atom stereocenters. The predicted octanol–water partition coefficient (Wildman–Crippen LogP) is -0.546. The van der Waals surface area contributed by atoms with Gasteiger partial charge >= 0.3 is 7.82 Å². The SMILES string of the molecule is CN1C=Nc2c(ncn2[C@@H]2O[C@H](COP(=O)(O)O)[C@@H](O)[C@H]2O)C1Cl. The Hall–Kier alpha value is -1.04. The smallest absolute Gasteiger partial charge is 0.387 e. The number of hydrogen-bond acceptors (Lipinski definition) is 8. The largest absolute Gasteiger partial charge is 0.469 e. The number of hydrogen-bond donors (Lipinski definition) is 4. The van der Waals surface area contributed by atoms with Gasteiger partial charge in [0.1, 0.15) is 24.0 Å². The quantitative estimate of drug-likeness (QED) is 0.305. The third kappa shape index (κ3) is 3.22. The maximum Gasteiger partial charge on any atom is 0.469 e. The Labute approximate surface area is 141 Å². The zero-order chi connectivity index (χ0) is 17.6. The summed E-state index contributed by atoms with van der Waals surface area (Å²) >= 11 is 6.21. The van der Waals surface area contributed by atoms with Crippen molar-refractivity contribution in [3.05, 3.63) is 12.0 Å². The van der Waals surface area contributed by atoms with Gasteiger partial charge in [-0.15, -0.1) is 0 Å². The lowest BCUT2D eigenvalue weighted by molar-refractivity contribution is -0.0513. The predicted molar refractivity (Wildman–Crippen MR) is 80.7 cm³/mol. The molecule has 0 aliphatic carbocycles. The molecule has 13 heteroatoms. The molecule has 3 rings (SSSR count). The molecule has 134 valence electrons. The van der Waals surface area contributed by atoms with Crippen molar-refractivity contribution in [3.63, 3.8) is 0 Å². The molecule has 5 atom stereocenters. The number of phosphoric acid groups is 1. The first-order valence-electron chi connectivity index (χ1n) is 6.87. The number of nitrogens with zero attached hydrogens (tertiary/aromatic N) is 4. The number of ether oxygens (including phenoxy) is 1. The van der Waals surface area contributed by atoms with E-state index in [0.29, 0.717) is 11.5 Å². The number of alkyl halides is 1. The first-order valence-corrected chi connectivity index (χ1v) is 8.84. The van der Waals surface area contributed by atoms with Crippen LogP contribution in [-0.2, 0) is 13.8 Å². The number of aliphatic imine (C=N–C) groups is 1. The van der Waals surface area contributed by atoms with Crippen LogP contribution >= 0.6 is 19.4 Å².